The van der Waals surface area contributed by atoms with Gasteiger partial charge in [0, 0.05) is 38.0 Å². The van der Waals surface area contributed by atoms with Crippen LogP contribution in [0.25, 0.3) is 10.2 Å². The summed E-state index contributed by atoms with van der Waals surface area (Å²) in [6, 6.07) is 16.4. The third kappa shape index (κ3) is 4.42. The summed E-state index contributed by atoms with van der Waals surface area (Å²) in [5.74, 6) is 0.934. The fraction of sp³-hybridized carbons (Fsp3) is 0.227. The van der Waals surface area contributed by atoms with E-state index in [0.717, 1.165) is 20.3 Å². The zero-order valence-electron chi connectivity index (χ0n) is 16.6. The summed E-state index contributed by atoms with van der Waals surface area (Å²) in [7, 11) is 0. The van der Waals surface area contributed by atoms with Gasteiger partial charge in [-0.05, 0) is 24.3 Å². The molecule has 5 rings (SSSR count). The lowest BCUT2D eigenvalue weighted by atomic mass is 10.2. The number of anilines is 2. The predicted molar refractivity (Wildman–Crippen MR) is 125 cm³/mol. The fourth-order valence-corrected chi connectivity index (χ4v) is 5.59. The molecule has 1 N–H and O–H groups in total. The van der Waals surface area contributed by atoms with E-state index in [2.05, 4.69) is 21.0 Å². The average Bonchev–Trinajstić information content (AvgIpc) is 3.21. The Hall–Kier alpha value is -2.91. The monoisotopic (exact) mass is 453 g/mol. The minimum absolute atomic E-state index is 0.165. The molecule has 0 amide bonds. The molecule has 0 radical (unpaired) electrons. The third-order valence-electron chi connectivity index (χ3n) is 5.17. The molecule has 0 bridgehead atoms. The van der Waals surface area contributed by atoms with Crippen LogP contribution in [0.3, 0.4) is 0 Å². The molecular formula is C22H20FN5OS2. The Labute approximate surface area is 186 Å². The van der Waals surface area contributed by atoms with Gasteiger partial charge >= 0.3 is 0 Å². The first kappa shape index (κ1) is 20.0. The molecular weight excluding hydrogens is 433 g/mol. The molecule has 0 spiro atoms. The van der Waals surface area contributed by atoms with Crippen LogP contribution in [0.5, 0.6) is 0 Å². The van der Waals surface area contributed by atoms with E-state index in [0.29, 0.717) is 43.6 Å². The van der Waals surface area contributed by atoms with Gasteiger partial charge in [-0.15, -0.1) is 11.3 Å². The van der Waals surface area contributed by atoms with Crippen molar-refractivity contribution in [3.63, 3.8) is 0 Å². The maximum absolute atomic E-state index is 14.1. The molecule has 1 saturated heterocycles. The molecule has 0 unspecified atom stereocenters. The maximum Gasteiger partial charge on any atom is 0.252 e. The summed E-state index contributed by atoms with van der Waals surface area (Å²) < 4.78 is 16.2. The SMILES string of the molecule is O=c1cc(CSc2nc3ccccc3s2)nc(N2CCN(c3ccccc3F)CC2)[nH]1. The molecule has 1 aliphatic heterocycles. The summed E-state index contributed by atoms with van der Waals surface area (Å²) in [5.41, 5.74) is 2.16. The zero-order valence-corrected chi connectivity index (χ0v) is 18.3. The van der Waals surface area contributed by atoms with E-state index in [1.807, 2.05) is 34.1 Å². The van der Waals surface area contributed by atoms with E-state index < -0.39 is 0 Å². The molecule has 9 heteroatoms. The lowest BCUT2D eigenvalue weighted by Gasteiger charge is -2.36. The number of benzene rings is 2. The number of nitrogens with zero attached hydrogens (tertiary/aromatic N) is 4. The third-order valence-corrected chi connectivity index (χ3v) is 7.39. The molecule has 1 aliphatic rings. The number of aromatic nitrogens is 3. The van der Waals surface area contributed by atoms with Gasteiger partial charge in [0.1, 0.15) is 5.82 Å². The van der Waals surface area contributed by atoms with Crippen LogP contribution in [0.2, 0.25) is 0 Å². The number of rotatable bonds is 5. The molecule has 31 heavy (non-hydrogen) atoms. The predicted octanol–water partition coefficient (Wildman–Crippen LogP) is 4.14. The summed E-state index contributed by atoms with van der Waals surface area (Å²) in [5, 5.41) is 0. The first-order chi connectivity index (χ1) is 15.2. The smallest absolute Gasteiger partial charge is 0.252 e. The first-order valence-electron chi connectivity index (χ1n) is 9.99. The molecule has 2 aromatic carbocycles. The van der Waals surface area contributed by atoms with Crippen LogP contribution in [-0.4, -0.2) is 41.1 Å². The number of halogens is 1. The van der Waals surface area contributed by atoms with Crippen molar-refractivity contribution in [2.75, 3.05) is 36.0 Å². The molecule has 3 heterocycles. The number of para-hydroxylation sites is 2. The largest absolute Gasteiger partial charge is 0.366 e. The van der Waals surface area contributed by atoms with Crippen molar-refractivity contribution in [3.05, 3.63) is 76.5 Å². The summed E-state index contributed by atoms with van der Waals surface area (Å²) >= 11 is 3.23. The van der Waals surface area contributed by atoms with Gasteiger partial charge < -0.3 is 9.80 Å². The maximum atomic E-state index is 14.1. The van der Waals surface area contributed by atoms with E-state index >= 15 is 0 Å². The second kappa shape index (κ2) is 8.68. The second-order valence-electron chi connectivity index (χ2n) is 7.22. The van der Waals surface area contributed by atoms with Gasteiger partial charge in [-0.3, -0.25) is 9.78 Å². The summed E-state index contributed by atoms with van der Waals surface area (Å²) in [4.78, 5) is 28.5. The first-order valence-corrected chi connectivity index (χ1v) is 11.8. The Bertz CT molecular complexity index is 1230. The number of aromatic amines is 1. The number of hydrogen-bond acceptors (Lipinski definition) is 7. The fourth-order valence-electron chi connectivity index (χ4n) is 3.63. The van der Waals surface area contributed by atoms with Crippen molar-refractivity contribution in [3.8, 4) is 0 Å². The van der Waals surface area contributed by atoms with Gasteiger partial charge in [0.2, 0.25) is 5.95 Å². The van der Waals surface area contributed by atoms with Gasteiger partial charge in [-0.25, -0.2) is 14.4 Å². The van der Waals surface area contributed by atoms with Crippen molar-refractivity contribution in [1.29, 1.82) is 0 Å². The van der Waals surface area contributed by atoms with E-state index in [9.17, 15) is 9.18 Å². The van der Waals surface area contributed by atoms with Gasteiger partial charge in [0.05, 0.1) is 21.6 Å². The number of nitrogens with one attached hydrogen (secondary N) is 1. The van der Waals surface area contributed by atoms with Gasteiger partial charge in [-0.2, -0.15) is 0 Å². The number of thioether (sulfide) groups is 1. The molecule has 0 atom stereocenters. The minimum Gasteiger partial charge on any atom is -0.366 e. The van der Waals surface area contributed by atoms with Crippen LogP contribution in [0.1, 0.15) is 5.69 Å². The van der Waals surface area contributed by atoms with Crippen LogP contribution in [0, 0.1) is 5.82 Å². The Kier molecular flexibility index (Phi) is 5.61. The van der Waals surface area contributed by atoms with Crippen LogP contribution < -0.4 is 15.4 Å². The molecule has 0 aliphatic carbocycles. The van der Waals surface area contributed by atoms with Crippen molar-refractivity contribution in [2.45, 2.75) is 10.1 Å². The molecule has 1 fully saturated rings. The van der Waals surface area contributed by atoms with E-state index in [-0.39, 0.29) is 11.4 Å². The Morgan fingerprint density at radius 1 is 1.00 bits per heavy atom. The van der Waals surface area contributed by atoms with Crippen molar-refractivity contribution in [1.82, 2.24) is 15.0 Å². The molecule has 2 aromatic heterocycles. The highest BCUT2D eigenvalue weighted by atomic mass is 32.2. The molecule has 4 aromatic rings. The number of hydrogen-bond donors (Lipinski definition) is 1. The Balaban J connectivity index is 1.26. The number of fused-ring (bicyclic) bond motifs is 1. The summed E-state index contributed by atoms with van der Waals surface area (Å²) in [6.45, 7) is 2.64. The van der Waals surface area contributed by atoms with Crippen molar-refractivity contribution >= 4 is 45.0 Å². The number of piperazine rings is 1. The van der Waals surface area contributed by atoms with Crippen LogP contribution in [0.15, 0.2) is 63.7 Å². The Morgan fingerprint density at radius 2 is 1.74 bits per heavy atom. The minimum atomic E-state index is -0.212. The van der Waals surface area contributed by atoms with E-state index in [4.69, 9.17) is 0 Å². The number of H-pyrrole nitrogens is 1. The van der Waals surface area contributed by atoms with Crippen LogP contribution in [-0.2, 0) is 5.75 Å². The van der Waals surface area contributed by atoms with E-state index in [1.54, 1.807) is 41.3 Å². The lowest BCUT2D eigenvalue weighted by Crippen LogP contribution is -2.47. The standard InChI is InChI=1S/C22H20FN5OS2/c23-16-5-1-3-7-18(16)27-9-11-28(12-10-27)21-24-15(13-20(29)26-21)14-30-22-25-17-6-2-4-8-19(17)31-22/h1-8,13H,9-12,14H2,(H,24,26,29). The second-order valence-corrected chi connectivity index (χ2v) is 9.48. The van der Waals surface area contributed by atoms with E-state index in [1.165, 1.54) is 6.07 Å². The molecule has 6 nitrogen and oxygen atoms in total. The van der Waals surface area contributed by atoms with Crippen molar-refractivity contribution < 1.29 is 4.39 Å². The van der Waals surface area contributed by atoms with Gasteiger partial charge in [0.25, 0.3) is 5.56 Å². The van der Waals surface area contributed by atoms with Crippen LogP contribution in [0.4, 0.5) is 16.0 Å². The van der Waals surface area contributed by atoms with Crippen LogP contribution >= 0.6 is 23.1 Å². The highest BCUT2D eigenvalue weighted by Gasteiger charge is 2.21. The lowest BCUT2D eigenvalue weighted by molar-refractivity contribution is 0.593. The summed E-state index contributed by atoms with van der Waals surface area (Å²) in [6.07, 6.45) is 0. The zero-order chi connectivity index (χ0) is 21.2. The molecule has 158 valence electrons. The van der Waals surface area contributed by atoms with Gasteiger partial charge in [-0.1, -0.05) is 36.0 Å². The normalized spacial score (nSPS) is 14.4. The number of thiazole rings is 1. The van der Waals surface area contributed by atoms with Crippen molar-refractivity contribution in [2.24, 2.45) is 0 Å². The quantitative estimate of drug-likeness (QED) is 0.458. The van der Waals surface area contributed by atoms with Gasteiger partial charge in [0.15, 0.2) is 4.34 Å². The highest BCUT2D eigenvalue weighted by molar-refractivity contribution is 8.00. The topological polar surface area (TPSA) is 65.1 Å². The Morgan fingerprint density at radius 3 is 2.55 bits per heavy atom. The average molecular weight is 454 g/mol. The molecule has 0 saturated carbocycles. The highest BCUT2D eigenvalue weighted by Crippen LogP contribution is 2.31.